The van der Waals surface area contributed by atoms with Crippen LogP contribution >= 0.6 is 0 Å². The van der Waals surface area contributed by atoms with Crippen LogP contribution in [0.25, 0.3) is 0 Å². The summed E-state index contributed by atoms with van der Waals surface area (Å²) >= 11 is 0. The lowest BCUT2D eigenvalue weighted by Crippen LogP contribution is -2.25. The Hall–Kier alpha value is 0.354. The van der Waals surface area contributed by atoms with E-state index >= 15 is 0 Å². The molecule has 0 aromatic carbocycles. The summed E-state index contributed by atoms with van der Waals surface area (Å²) in [5.74, 6) is 0. The molecule has 0 fully saturated rings. The molecule has 0 heterocycles. The second kappa shape index (κ2) is 4.21. The fourth-order valence-electron chi connectivity index (χ4n) is 0.321. The van der Waals surface area contributed by atoms with Crippen molar-refractivity contribution < 1.29 is 8.54 Å². The standard InChI is InChI=1S/C5H16O2Si2/c1-4-5(2,3)6-9-7-8/h4,9H2,1-3,8H3. The SMILES string of the molecule is CCC(C)(C)O[SiH2]O[SiH3]. The number of hydrogen-bond acceptors (Lipinski definition) is 2. The van der Waals surface area contributed by atoms with Crippen molar-refractivity contribution in [3.8, 4) is 0 Å². The minimum atomic E-state index is -0.632. The van der Waals surface area contributed by atoms with Crippen molar-refractivity contribution in [2.24, 2.45) is 0 Å². The second-order valence-corrected chi connectivity index (χ2v) is 5.50. The molecule has 0 amide bonds. The third kappa shape index (κ3) is 4.83. The summed E-state index contributed by atoms with van der Waals surface area (Å²) in [6.07, 6.45) is 1.06. The van der Waals surface area contributed by atoms with Crippen molar-refractivity contribution in [3.05, 3.63) is 0 Å². The number of hydrogen-bond donors (Lipinski definition) is 0. The maximum Gasteiger partial charge on any atom is 0.294 e. The highest BCUT2D eigenvalue weighted by Crippen LogP contribution is 2.11. The van der Waals surface area contributed by atoms with Crippen LogP contribution in [0.3, 0.4) is 0 Å². The van der Waals surface area contributed by atoms with Gasteiger partial charge in [0.05, 0.1) is 5.60 Å². The molecule has 0 bridgehead atoms. The van der Waals surface area contributed by atoms with Crippen LogP contribution in [0, 0.1) is 0 Å². The Labute approximate surface area is 62.5 Å². The van der Waals surface area contributed by atoms with E-state index in [0.717, 1.165) is 16.9 Å². The lowest BCUT2D eigenvalue weighted by molar-refractivity contribution is 0.0950. The van der Waals surface area contributed by atoms with Gasteiger partial charge in [-0.05, 0) is 20.3 Å². The lowest BCUT2D eigenvalue weighted by Gasteiger charge is -2.22. The third-order valence-corrected chi connectivity index (χ3v) is 3.26. The summed E-state index contributed by atoms with van der Waals surface area (Å²) in [5.41, 5.74) is 0.0522. The molecule has 0 saturated heterocycles. The van der Waals surface area contributed by atoms with E-state index < -0.39 is 10.0 Å². The molecule has 0 aliphatic heterocycles. The Bertz CT molecular complexity index is 75.4. The van der Waals surface area contributed by atoms with Crippen molar-refractivity contribution >= 4 is 20.5 Å². The van der Waals surface area contributed by atoms with Gasteiger partial charge in [0.15, 0.2) is 0 Å². The predicted molar refractivity (Wildman–Crippen MR) is 45.0 cm³/mol. The fourth-order valence-corrected chi connectivity index (χ4v) is 1.32. The average Bonchev–Trinajstić information content (AvgIpc) is 1.84. The third-order valence-electron chi connectivity index (χ3n) is 1.42. The molecule has 0 rings (SSSR count). The lowest BCUT2D eigenvalue weighted by atomic mass is 10.1. The molecule has 0 aliphatic rings. The van der Waals surface area contributed by atoms with Gasteiger partial charge in [0, 0.05) is 0 Å². The van der Waals surface area contributed by atoms with Gasteiger partial charge in [0.2, 0.25) is 0 Å². The van der Waals surface area contributed by atoms with Gasteiger partial charge in [-0.2, -0.15) is 0 Å². The number of rotatable bonds is 4. The highest BCUT2D eigenvalue weighted by Gasteiger charge is 2.13. The summed E-state index contributed by atoms with van der Waals surface area (Å²) in [6, 6.07) is 0. The first-order valence-corrected chi connectivity index (χ1v) is 5.22. The molecule has 0 aromatic heterocycles. The average molecular weight is 164 g/mol. The molecule has 0 saturated carbocycles. The Morgan fingerprint density at radius 3 is 2.44 bits per heavy atom. The fraction of sp³-hybridized carbons (Fsp3) is 1.00. The first-order valence-electron chi connectivity index (χ1n) is 3.25. The molecule has 0 aliphatic carbocycles. The van der Waals surface area contributed by atoms with Crippen molar-refractivity contribution in [2.45, 2.75) is 32.8 Å². The summed E-state index contributed by atoms with van der Waals surface area (Å²) in [6.45, 7) is 6.32. The van der Waals surface area contributed by atoms with Crippen LogP contribution in [0.15, 0.2) is 0 Å². The minimum Gasteiger partial charge on any atom is -0.449 e. The highest BCUT2D eigenvalue weighted by atomic mass is 28.3. The van der Waals surface area contributed by atoms with E-state index in [2.05, 4.69) is 20.8 Å². The zero-order chi connectivity index (χ0) is 7.33. The molecule has 0 spiro atoms. The van der Waals surface area contributed by atoms with Crippen LogP contribution < -0.4 is 0 Å². The summed E-state index contributed by atoms with van der Waals surface area (Å²) in [4.78, 5) is 0. The van der Waals surface area contributed by atoms with Crippen molar-refractivity contribution in [2.75, 3.05) is 0 Å². The van der Waals surface area contributed by atoms with E-state index in [-0.39, 0.29) is 5.60 Å². The van der Waals surface area contributed by atoms with E-state index in [0.29, 0.717) is 0 Å². The van der Waals surface area contributed by atoms with E-state index in [1.807, 2.05) is 0 Å². The second-order valence-electron chi connectivity index (χ2n) is 2.66. The van der Waals surface area contributed by atoms with Crippen LogP contribution in [0.5, 0.6) is 0 Å². The molecule has 56 valence electrons. The Balaban J connectivity index is 3.33. The topological polar surface area (TPSA) is 18.5 Å². The molecule has 4 heteroatoms. The van der Waals surface area contributed by atoms with Crippen molar-refractivity contribution in [1.29, 1.82) is 0 Å². The Morgan fingerprint density at radius 2 is 2.11 bits per heavy atom. The molecule has 0 aromatic rings. The maximum absolute atomic E-state index is 5.48. The summed E-state index contributed by atoms with van der Waals surface area (Å²) < 4.78 is 10.5. The van der Waals surface area contributed by atoms with Gasteiger partial charge in [-0.3, -0.25) is 0 Å². The molecule has 0 atom stereocenters. The minimum absolute atomic E-state index is 0.0522. The van der Waals surface area contributed by atoms with Gasteiger partial charge in [0.25, 0.3) is 10.0 Å². The van der Waals surface area contributed by atoms with Gasteiger partial charge in [0.1, 0.15) is 10.5 Å². The van der Waals surface area contributed by atoms with Crippen molar-refractivity contribution in [3.63, 3.8) is 0 Å². The normalized spacial score (nSPS) is 13.7. The highest BCUT2D eigenvalue weighted by molar-refractivity contribution is 6.27. The quantitative estimate of drug-likeness (QED) is 0.521. The van der Waals surface area contributed by atoms with Crippen molar-refractivity contribution in [1.82, 2.24) is 0 Å². The summed E-state index contributed by atoms with van der Waals surface area (Å²) in [5, 5.41) is 0. The largest absolute Gasteiger partial charge is 0.449 e. The molecule has 0 unspecified atom stereocenters. The summed E-state index contributed by atoms with van der Waals surface area (Å²) in [7, 11) is 0.190. The van der Waals surface area contributed by atoms with Gasteiger partial charge in [-0.25, -0.2) is 0 Å². The van der Waals surface area contributed by atoms with E-state index in [9.17, 15) is 0 Å². The van der Waals surface area contributed by atoms with Crippen LogP contribution in [0.2, 0.25) is 0 Å². The Kier molecular flexibility index (Phi) is 4.38. The smallest absolute Gasteiger partial charge is 0.294 e. The van der Waals surface area contributed by atoms with Crippen LogP contribution in [-0.4, -0.2) is 26.1 Å². The van der Waals surface area contributed by atoms with E-state index in [1.54, 1.807) is 0 Å². The molecule has 9 heavy (non-hydrogen) atoms. The molecule has 0 N–H and O–H groups in total. The predicted octanol–water partition coefficient (Wildman–Crippen LogP) is -0.513. The molecule has 0 radical (unpaired) electrons. The van der Waals surface area contributed by atoms with E-state index in [1.165, 1.54) is 0 Å². The van der Waals surface area contributed by atoms with E-state index in [4.69, 9.17) is 8.54 Å². The molecule has 2 nitrogen and oxygen atoms in total. The monoisotopic (exact) mass is 164 g/mol. The maximum atomic E-state index is 5.48. The van der Waals surface area contributed by atoms with Crippen LogP contribution in [0.1, 0.15) is 27.2 Å². The van der Waals surface area contributed by atoms with Gasteiger partial charge >= 0.3 is 0 Å². The zero-order valence-corrected chi connectivity index (χ0v) is 10.1. The zero-order valence-electron chi connectivity index (χ0n) is 6.73. The van der Waals surface area contributed by atoms with Gasteiger partial charge in [-0.15, -0.1) is 0 Å². The molecular formula is C5H16O2Si2. The van der Waals surface area contributed by atoms with Gasteiger partial charge < -0.3 is 8.54 Å². The Morgan fingerprint density at radius 1 is 1.56 bits per heavy atom. The van der Waals surface area contributed by atoms with Crippen LogP contribution in [-0.2, 0) is 8.54 Å². The molecular weight excluding hydrogens is 148 g/mol. The first kappa shape index (κ1) is 9.35. The van der Waals surface area contributed by atoms with Crippen LogP contribution in [0.4, 0.5) is 0 Å². The van der Waals surface area contributed by atoms with Gasteiger partial charge in [-0.1, -0.05) is 6.92 Å². The first-order chi connectivity index (χ1) is 4.12.